The van der Waals surface area contributed by atoms with Gasteiger partial charge in [0, 0.05) is 19.3 Å². The lowest BCUT2D eigenvalue weighted by molar-refractivity contribution is 0.000597. The van der Waals surface area contributed by atoms with Gasteiger partial charge in [-0.3, -0.25) is 0 Å². The molecule has 0 amide bonds. The summed E-state index contributed by atoms with van der Waals surface area (Å²) in [5.41, 5.74) is 0.104. The maximum atomic E-state index is 11.6. The number of ether oxygens (including phenoxy) is 2. The summed E-state index contributed by atoms with van der Waals surface area (Å²) in [7, 11) is 1.35. The number of carbonyl (C=O) groups excluding carboxylic acids is 1. The Morgan fingerprint density at radius 2 is 2.22 bits per heavy atom. The number of pyridine rings is 1. The Labute approximate surface area is 108 Å². The molecule has 18 heavy (non-hydrogen) atoms. The fourth-order valence-electron chi connectivity index (χ4n) is 1.56. The van der Waals surface area contributed by atoms with E-state index in [4.69, 9.17) is 9.47 Å². The number of nitrogens with zero attached hydrogens (tertiary/aromatic N) is 1. The molecule has 0 saturated heterocycles. The molecule has 1 rings (SSSR count). The number of aromatic nitrogens is 1. The molecule has 100 valence electrons. The van der Waals surface area contributed by atoms with Gasteiger partial charge in [0.05, 0.1) is 12.7 Å². The predicted octanol–water partition coefficient (Wildman–Crippen LogP) is 2.10. The van der Waals surface area contributed by atoms with Crippen LogP contribution in [-0.2, 0) is 9.47 Å². The first-order chi connectivity index (χ1) is 8.50. The maximum Gasteiger partial charge on any atom is 0.341 e. The fourth-order valence-corrected chi connectivity index (χ4v) is 1.56. The van der Waals surface area contributed by atoms with Gasteiger partial charge in [0.1, 0.15) is 11.4 Å². The molecule has 1 heterocycles. The third-order valence-corrected chi connectivity index (χ3v) is 2.43. The van der Waals surface area contributed by atoms with Gasteiger partial charge in [-0.15, -0.1) is 0 Å². The van der Waals surface area contributed by atoms with Gasteiger partial charge in [-0.05, 0) is 32.9 Å². The summed E-state index contributed by atoms with van der Waals surface area (Å²) in [6.45, 7) is 7.10. The van der Waals surface area contributed by atoms with E-state index >= 15 is 0 Å². The Morgan fingerprint density at radius 3 is 2.83 bits per heavy atom. The van der Waals surface area contributed by atoms with E-state index in [1.807, 2.05) is 20.8 Å². The number of hydrogen-bond acceptors (Lipinski definition) is 5. The van der Waals surface area contributed by atoms with E-state index in [9.17, 15) is 4.79 Å². The third kappa shape index (κ3) is 4.00. The molecule has 5 nitrogen and oxygen atoms in total. The van der Waals surface area contributed by atoms with Crippen molar-refractivity contribution in [2.24, 2.45) is 0 Å². The number of hydrogen-bond donors (Lipinski definition) is 1. The quantitative estimate of drug-likeness (QED) is 0.786. The van der Waals surface area contributed by atoms with Gasteiger partial charge in [-0.2, -0.15) is 0 Å². The minimum absolute atomic E-state index is 0.320. The second kappa shape index (κ2) is 6.35. The lowest BCUT2D eigenvalue weighted by Gasteiger charge is -2.25. The van der Waals surface area contributed by atoms with Crippen molar-refractivity contribution in [2.75, 3.05) is 25.6 Å². The molecule has 0 unspecified atom stereocenters. The molecule has 0 aromatic carbocycles. The molecule has 0 aliphatic heterocycles. The van der Waals surface area contributed by atoms with Crippen molar-refractivity contribution in [2.45, 2.75) is 26.4 Å². The summed E-state index contributed by atoms with van der Waals surface area (Å²) in [5, 5.41) is 3.12. The monoisotopic (exact) mass is 252 g/mol. The van der Waals surface area contributed by atoms with Crippen LogP contribution in [0.1, 0.15) is 31.1 Å². The molecular weight excluding hydrogens is 232 g/mol. The highest BCUT2D eigenvalue weighted by Crippen LogP contribution is 2.15. The number of rotatable bonds is 6. The number of esters is 1. The van der Waals surface area contributed by atoms with Crippen LogP contribution in [0.15, 0.2) is 18.3 Å². The topological polar surface area (TPSA) is 60.5 Å². The van der Waals surface area contributed by atoms with Crippen LogP contribution in [0.4, 0.5) is 5.82 Å². The highest BCUT2D eigenvalue weighted by Gasteiger charge is 2.19. The molecule has 0 bridgehead atoms. The van der Waals surface area contributed by atoms with Crippen molar-refractivity contribution in [3.05, 3.63) is 23.9 Å². The Balaban J connectivity index is 2.76. The van der Waals surface area contributed by atoms with Gasteiger partial charge < -0.3 is 14.8 Å². The average molecular weight is 252 g/mol. The number of methoxy groups -OCH3 is 1. The minimum atomic E-state index is -0.403. The largest absolute Gasteiger partial charge is 0.465 e. The SMILES string of the molecule is CCOC(C)(C)CNc1ncccc1C(=O)OC. The Bertz CT molecular complexity index is 405. The van der Waals surface area contributed by atoms with E-state index in [2.05, 4.69) is 10.3 Å². The summed E-state index contributed by atoms with van der Waals surface area (Å²) in [6.07, 6.45) is 1.63. The highest BCUT2D eigenvalue weighted by atomic mass is 16.5. The predicted molar refractivity (Wildman–Crippen MR) is 69.8 cm³/mol. The lowest BCUT2D eigenvalue weighted by Crippen LogP contribution is -2.34. The third-order valence-electron chi connectivity index (χ3n) is 2.43. The highest BCUT2D eigenvalue weighted by molar-refractivity contribution is 5.94. The van der Waals surface area contributed by atoms with E-state index in [1.54, 1.807) is 18.3 Å². The standard InChI is InChI=1S/C13H20N2O3/c1-5-18-13(2,3)9-15-11-10(12(16)17-4)7-6-8-14-11/h6-8H,5,9H2,1-4H3,(H,14,15). The van der Waals surface area contributed by atoms with Crippen LogP contribution in [0, 0.1) is 0 Å². The van der Waals surface area contributed by atoms with E-state index in [0.29, 0.717) is 24.5 Å². The van der Waals surface area contributed by atoms with Crippen molar-refractivity contribution in [1.29, 1.82) is 0 Å². The summed E-state index contributed by atoms with van der Waals surface area (Å²) in [4.78, 5) is 15.7. The first-order valence-corrected chi connectivity index (χ1v) is 5.91. The lowest BCUT2D eigenvalue weighted by atomic mass is 10.1. The zero-order valence-corrected chi connectivity index (χ0v) is 11.3. The van der Waals surface area contributed by atoms with Crippen LogP contribution in [0.5, 0.6) is 0 Å². The van der Waals surface area contributed by atoms with Crippen LogP contribution in [0.2, 0.25) is 0 Å². The molecule has 0 spiro atoms. The van der Waals surface area contributed by atoms with Gasteiger partial charge >= 0.3 is 5.97 Å². The van der Waals surface area contributed by atoms with Gasteiger partial charge in [0.25, 0.3) is 0 Å². The van der Waals surface area contributed by atoms with Gasteiger partial charge in [-0.1, -0.05) is 0 Å². The van der Waals surface area contributed by atoms with Crippen LogP contribution in [0.3, 0.4) is 0 Å². The summed E-state index contributed by atoms with van der Waals surface area (Å²) in [5.74, 6) is 0.108. The molecular formula is C13H20N2O3. The first-order valence-electron chi connectivity index (χ1n) is 5.91. The average Bonchev–Trinajstić information content (AvgIpc) is 2.36. The molecule has 0 saturated carbocycles. The fraction of sp³-hybridized carbons (Fsp3) is 0.538. The van der Waals surface area contributed by atoms with Crippen molar-refractivity contribution in [1.82, 2.24) is 4.98 Å². The first kappa shape index (κ1) is 14.4. The van der Waals surface area contributed by atoms with Crippen molar-refractivity contribution < 1.29 is 14.3 Å². The van der Waals surface area contributed by atoms with Crippen LogP contribution in [0.25, 0.3) is 0 Å². The van der Waals surface area contributed by atoms with E-state index in [0.717, 1.165) is 0 Å². The smallest absolute Gasteiger partial charge is 0.341 e. The molecule has 0 aliphatic carbocycles. The Hall–Kier alpha value is -1.62. The summed E-state index contributed by atoms with van der Waals surface area (Å²) >= 11 is 0. The van der Waals surface area contributed by atoms with E-state index in [1.165, 1.54) is 7.11 Å². The molecule has 1 N–H and O–H groups in total. The molecule has 0 atom stereocenters. The normalized spacial score (nSPS) is 11.1. The molecule has 1 aromatic heterocycles. The van der Waals surface area contributed by atoms with Gasteiger partial charge in [0.15, 0.2) is 0 Å². The van der Waals surface area contributed by atoms with E-state index in [-0.39, 0.29) is 5.60 Å². The second-order valence-electron chi connectivity index (χ2n) is 4.44. The van der Waals surface area contributed by atoms with Crippen molar-refractivity contribution in [3.63, 3.8) is 0 Å². The minimum Gasteiger partial charge on any atom is -0.465 e. The van der Waals surface area contributed by atoms with Gasteiger partial charge in [-0.25, -0.2) is 9.78 Å². The molecule has 5 heteroatoms. The zero-order valence-electron chi connectivity index (χ0n) is 11.3. The zero-order chi connectivity index (χ0) is 13.6. The number of anilines is 1. The van der Waals surface area contributed by atoms with Crippen molar-refractivity contribution >= 4 is 11.8 Å². The molecule has 1 aromatic rings. The summed E-state index contributed by atoms with van der Waals surface area (Å²) < 4.78 is 10.3. The second-order valence-corrected chi connectivity index (χ2v) is 4.44. The Morgan fingerprint density at radius 1 is 1.50 bits per heavy atom. The van der Waals surface area contributed by atoms with Crippen molar-refractivity contribution in [3.8, 4) is 0 Å². The number of nitrogens with one attached hydrogen (secondary N) is 1. The molecule has 0 fully saturated rings. The molecule has 0 radical (unpaired) electrons. The maximum absolute atomic E-state index is 11.6. The summed E-state index contributed by atoms with van der Waals surface area (Å²) in [6, 6.07) is 3.37. The number of carbonyl (C=O) groups is 1. The molecule has 0 aliphatic rings. The van der Waals surface area contributed by atoms with Gasteiger partial charge in [0.2, 0.25) is 0 Å². The Kier molecular flexibility index (Phi) is 5.09. The van der Waals surface area contributed by atoms with Crippen LogP contribution >= 0.6 is 0 Å². The van der Waals surface area contributed by atoms with E-state index < -0.39 is 5.97 Å². The van der Waals surface area contributed by atoms with Crippen LogP contribution < -0.4 is 5.32 Å². The van der Waals surface area contributed by atoms with Crippen LogP contribution in [-0.4, -0.2) is 36.8 Å².